The summed E-state index contributed by atoms with van der Waals surface area (Å²) in [5.41, 5.74) is 2.75. The summed E-state index contributed by atoms with van der Waals surface area (Å²) in [6.45, 7) is 0.525. The highest BCUT2D eigenvalue weighted by molar-refractivity contribution is 6.07. The van der Waals surface area contributed by atoms with E-state index in [0.717, 1.165) is 17.0 Å². The molecule has 0 bridgehead atoms. The van der Waals surface area contributed by atoms with E-state index in [2.05, 4.69) is 15.2 Å². The lowest BCUT2D eigenvalue weighted by atomic mass is 10.2. The molecule has 2 heterocycles. The predicted octanol–water partition coefficient (Wildman–Crippen LogP) is 1.28. The maximum absolute atomic E-state index is 4.95. The third kappa shape index (κ3) is 0.914. The second-order valence-electron chi connectivity index (χ2n) is 2.28. The molecule has 0 fully saturated rings. The minimum Gasteiger partial charge on any atom is -0.378 e. The van der Waals surface area contributed by atoms with E-state index < -0.39 is 0 Å². The van der Waals surface area contributed by atoms with Gasteiger partial charge in [0.2, 0.25) is 0 Å². The molecule has 0 aliphatic carbocycles. The standard InChI is InChI=1S/C7H7N3O/c1-11-4-7-5-2-9-10-6(5)3-8-7/h2-3H,4H2,1H3. The van der Waals surface area contributed by atoms with E-state index in [1.165, 1.54) is 0 Å². The number of allylic oxidation sites excluding steroid dienone is 1. The van der Waals surface area contributed by atoms with Gasteiger partial charge in [-0.1, -0.05) is 0 Å². The molecule has 0 N–H and O–H groups in total. The average molecular weight is 149 g/mol. The van der Waals surface area contributed by atoms with Gasteiger partial charge in [-0.3, -0.25) is 4.99 Å². The summed E-state index contributed by atoms with van der Waals surface area (Å²) in [5, 5.41) is 7.61. The summed E-state index contributed by atoms with van der Waals surface area (Å²) in [6, 6.07) is 0. The topological polar surface area (TPSA) is 46.3 Å². The lowest BCUT2D eigenvalue weighted by Gasteiger charge is -1.97. The summed E-state index contributed by atoms with van der Waals surface area (Å²) >= 11 is 0. The summed E-state index contributed by atoms with van der Waals surface area (Å²) in [5.74, 6) is 0. The first-order valence-electron chi connectivity index (χ1n) is 3.29. The van der Waals surface area contributed by atoms with Crippen molar-refractivity contribution in [2.24, 2.45) is 15.2 Å². The Morgan fingerprint density at radius 1 is 1.45 bits per heavy atom. The molecule has 0 spiro atoms. The maximum Gasteiger partial charge on any atom is 0.115 e. The van der Waals surface area contributed by atoms with Crippen LogP contribution < -0.4 is 0 Å². The summed E-state index contributed by atoms with van der Waals surface area (Å²) in [7, 11) is 1.64. The van der Waals surface area contributed by atoms with Crippen molar-refractivity contribution in [1.82, 2.24) is 0 Å². The fourth-order valence-electron chi connectivity index (χ4n) is 1.05. The lowest BCUT2D eigenvalue weighted by Crippen LogP contribution is -2.06. The molecule has 0 atom stereocenters. The molecule has 2 aliphatic rings. The van der Waals surface area contributed by atoms with Gasteiger partial charge >= 0.3 is 0 Å². The number of aliphatic imine (C=N–C) groups is 1. The van der Waals surface area contributed by atoms with Crippen molar-refractivity contribution in [2.45, 2.75) is 0 Å². The summed E-state index contributed by atoms with van der Waals surface area (Å²) in [4.78, 5) is 4.12. The van der Waals surface area contributed by atoms with E-state index in [0.29, 0.717) is 6.61 Å². The monoisotopic (exact) mass is 149 g/mol. The first kappa shape index (κ1) is 6.42. The Hall–Kier alpha value is -1.29. The van der Waals surface area contributed by atoms with Crippen LogP contribution >= 0.6 is 0 Å². The van der Waals surface area contributed by atoms with Gasteiger partial charge in [-0.25, -0.2) is 0 Å². The molecule has 0 amide bonds. The van der Waals surface area contributed by atoms with E-state index >= 15 is 0 Å². The van der Waals surface area contributed by atoms with Crippen molar-refractivity contribution < 1.29 is 4.74 Å². The molecular formula is C7H7N3O. The Labute approximate surface area is 64.0 Å². The molecule has 0 aromatic rings. The molecule has 0 aromatic heterocycles. The molecule has 2 aliphatic heterocycles. The highest BCUT2D eigenvalue weighted by Gasteiger charge is 2.19. The Balaban J connectivity index is 2.20. The van der Waals surface area contributed by atoms with Crippen LogP contribution in [0.3, 0.4) is 0 Å². The number of rotatable bonds is 2. The van der Waals surface area contributed by atoms with Gasteiger partial charge in [0.25, 0.3) is 0 Å². The Morgan fingerprint density at radius 3 is 3.18 bits per heavy atom. The number of ether oxygens (including phenoxy) is 1. The van der Waals surface area contributed by atoms with Gasteiger partial charge in [0.1, 0.15) is 5.70 Å². The first-order chi connectivity index (χ1) is 5.42. The first-order valence-corrected chi connectivity index (χ1v) is 3.29. The van der Waals surface area contributed by atoms with E-state index in [9.17, 15) is 0 Å². The second kappa shape index (κ2) is 2.39. The molecule has 0 saturated heterocycles. The molecule has 11 heavy (non-hydrogen) atoms. The van der Waals surface area contributed by atoms with Gasteiger partial charge in [0, 0.05) is 12.7 Å². The number of nitrogens with zero attached hydrogens (tertiary/aromatic N) is 3. The molecule has 0 aromatic carbocycles. The van der Waals surface area contributed by atoms with Crippen LogP contribution in [0.2, 0.25) is 0 Å². The molecule has 0 radical (unpaired) electrons. The minimum absolute atomic E-state index is 0.525. The highest BCUT2D eigenvalue weighted by atomic mass is 16.5. The van der Waals surface area contributed by atoms with Crippen LogP contribution in [-0.2, 0) is 4.74 Å². The Bertz CT molecular complexity index is 299. The fourth-order valence-corrected chi connectivity index (χ4v) is 1.05. The highest BCUT2D eigenvalue weighted by Crippen LogP contribution is 2.25. The van der Waals surface area contributed by atoms with Crippen molar-refractivity contribution in [2.75, 3.05) is 13.7 Å². The number of hydrogen-bond acceptors (Lipinski definition) is 4. The zero-order chi connectivity index (χ0) is 7.68. The van der Waals surface area contributed by atoms with Gasteiger partial charge in [0.15, 0.2) is 0 Å². The van der Waals surface area contributed by atoms with Crippen molar-refractivity contribution >= 4 is 5.71 Å². The van der Waals surface area contributed by atoms with Gasteiger partial charge < -0.3 is 4.74 Å². The van der Waals surface area contributed by atoms with Gasteiger partial charge in [0.05, 0.1) is 24.7 Å². The third-order valence-electron chi connectivity index (χ3n) is 1.56. The largest absolute Gasteiger partial charge is 0.378 e. The van der Waals surface area contributed by atoms with E-state index in [-0.39, 0.29) is 0 Å². The zero-order valence-electron chi connectivity index (χ0n) is 6.11. The third-order valence-corrected chi connectivity index (χ3v) is 1.56. The van der Waals surface area contributed by atoms with Gasteiger partial charge in [-0.2, -0.15) is 5.11 Å². The molecule has 56 valence electrons. The normalized spacial score (nSPS) is 19.5. The van der Waals surface area contributed by atoms with Crippen LogP contribution in [0.25, 0.3) is 0 Å². The fraction of sp³-hybridized carbons (Fsp3) is 0.286. The van der Waals surface area contributed by atoms with E-state index in [1.807, 2.05) is 0 Å². The van der Waals surface area contributed by atoms with Crippen LogP contribution in [0.5, 0.6) is 0 Å². The summed E-state index contributed by atoms with van der Waals surface area (Å²) in [6.07, 6.45) is 3.41. The number of fused-ring (bicyclic) bond motifs is 1. The van der Waals surface area contributed by atoms with Crippen LogP contribution in [-0.4, -0.2) is 19.4 Å². The molecule has 2 rings (SSSR count). The van der Waals surface area contributed by atoms with Crippen molar-refractivity contribution in [3.63, 3.8) is 0 Å². The van der Waals surface area contributed by atoms with Gasteiger partial charge in [-0.15, -0.1) is 5.11 Å². The Morgan fingerprint density at radius 2 is 2.36 bits per heavy atom. The number of methoxy groups -OCH3 is 1. The van der Waals surface area contributed by atoms with Crippen LogP contribution in [0.4, 0.5) is 0 Å². The van der Waals surface area contributed by atoms with Gasteiger partial charge in [-0.05, 0) is 0 Å². The van der Waals surface area contributed by atoms with Crippen LogP contribution in [0, 0.1) is 0 Å². The zero-order valence-corrected chi connectivity index (χ0v) is 6.11. The molecule has 4 heteroatoms. The molecule has 0 unspecified atom stereocenters. The summed E-state index contributed by atoms with van der Waals surface area (Å²) < 4.78 is 4.95. The van der Waals surface area contributed by atoms with Crippen molar-refractivity contribution in [1.29, 1.82) is 0 Å². The molecule has 4 nitrogen and oxygen atoms in total. The smallest absolute Gasteiger partial charge is 0.115 e. The predicted molar refractivity (Wildman–Crippen MR) is 40.3 cm³/mol. The quantitative estimate of drug-likeness (QED) is 0.583. The molecular weight excluding hydrogens is 142 g/mol. The van der Waals surface area contributed by atoms with E-state index in [4.69, 9.17) is 4.74 Å². The minimum atomic E-state index is 0.525. The molecule has 0 saturated carbocycles. The second-order valence-corrected chi connectivity index (χ2v) is 2.28. The average Bonchev–Trinajstić information content (AvgIpc) is 2.53. The van der Waals surface area contributed by atoms with E-state index in [1.54, 1.807) is 19.5 Å². The van der Waals surface area contributed by atoms with Crippen LogP contribution in [0.1, 0.15) is 0 Å². The number of hydrogen-bond donors (Lipinski definition) is 0. The van der Waals surface area contributed by atoms with Crippen molar-refractivity contribution in [3.05, 3.63) is 23.7 Å². The SMILES string of the molecule is COCC1=NC=C2N=NC=C21. The van der Waals surface area contributed by atoms with Crippen molar-refractivity contribution in [3.8, 4) is 0 Å². The Kier molecular flexibility index (Phi) is 1.40. The maximum atomic E-state index is 4.95. The number of azo groups is 1. The van der Waals surface area contributed by atoms with Crippen LogP contribution in [0.15, 0.2) is 38.9 Å². The lowest BCUT2D eigenvalue weighted by molar-refractivity contribution is 0.245.